The minimum Gasteiger partial charge on any atom is -0.460 e. The molecule has 0 bridgehead atoms. The van der Waals surface area contributed by atoms with Gasteiger partial charge in [-0.15, -0.1) is 0 Å². The van der Waals surface area contributed by atoms with Gasteiger partial charge in [-0.2, -0.15) is 8.42 Å². The third-order valence-electron chi connectivity index (χ3n) is 4.07. The van der Waals surface area contributed by atoms with Crippen LogP contribution in [0.1, 0.15) is 81.5 Å². The summed E-state index contributed by atoms with van der Waals surface area (Å²) in [6.45, 7) is 4.66. The molecule has 7 heteroatoms. The van der Waals surface area contributed by atoms with E-state index >= 15 is 0 Å². The highest BCUT2D eigenvalue weighted by Gasteiger charge is 2.18. The summed E-state index contributed by atoms with van der Waals surface area (Å²) in [6.07, 6.45) is 9.04. The molecule has 0 saturated carbocycles. The van der Waals surface area contributed by atoms with Crippen LogP contribution >= 0.6 is 0 Å². The SMILES string of the molecule is CCCCCCC(CCCC)COC(=O)c1ccc(CS(=O)(=O)O)o1. The van der Waals surface area contributed by atoms with Crippen LogP contribution in [0.15, 0.2) is 16.5 Å². The van der Waals surface area contributed by atoms with Crippen LogP contribution in [0.25, 0.3) is 0 Å². The molecule has 1 rings (SSSR count). The first-order valence-electron chi connectivity index (χ1n) is 9.06. The first-order valence-corrected chi connectivity index (χ1v) is 10.7. The van der Waals surface area contributed by atoms with E-state index in [1.165, 1.54) is 31.4 Å². The highest BCUT2D eigenvalue weighted by Crippen LogP contribution is 2.19. The molecule has 0 spiro atoms. The smallest absolute Gasteiger partial charge is 0.374 e. The maximum atomic E-state index is 12.1. The number of unbranched alkanes of at least 4 members (excludes halogenated alkanes) is 4. The summed E-state index contributed by atoms with van der Waals surface area (Å²) in [5, 5.41) is 0. The van der Waals surface area contributed by atoms with Gasteiger partial charge in [-0.05, 0) is 30.9 Å². The van der Waals surface area contributed by atoms with E-state index in [1.807, 2.05) is 0 Å². The summed E-state index contributed by atoms with van der Waals surface area (Å²) >= 11 is 0. The molecule has 0 fully saturated rings. The average molecular weight is 374 g/mol. The predicted octanol–water partition coefficient (Wildman–Crippen LogP) is 4.60. The number of rotatable bonds is 13. The van der Waals surface area contributed by atoms with Gasteiger partial charge in [-0.1, -0.05) is 52.4 Å². The van der Waals surface area contributed by atoms with Crippen molar-refractivity contribution < 1.29 is 26.9 Å². The van der Waals surface area contributed by atoms with Crippen molar-refractivity contribution in [3.63, 3.8) is 0 Å². The topological polar surface area (TPSA) is 93.8 Å². The molecule has 1 unspecified atom stereocenters. The maximum absolute atomic E-state index is 12.1. The lowest BCUT2D eigenvalue weighted by molar-refractivity contribution is 0.0385. The van der Waals surface area contributed by atoms with E-state index in [0.717, 1.165) is 32.1 Å². The zero-order valence-corrected chi connectivity index (χ0v) is 16.0. The molecule has 1 atom stereocenters. The Morgan fingerprint density at radius 2 is 1.80 bits per heavy atom. The van der Waals surface area contributed by atoms with Crippen LogP contribution in [0.5, 0.6) is 0 Å². The molecular formula is C18H30O6S. The summed E-state index contributed by atoms with van der Waals surface area (Å²) in [6, 6.07) is 2.72. The third kappa shape index (κ3) is 9.65. The zero-order valence-electron chi connectivity index (χ0n) is 15.2. The van der Waals surface area contributed by atoms with Crippen LogP contribution < -0.4 is 0 Å². The number of ether oxygens (including phenoxy) is 1. The molecule has 0 amide bonds. The number of carbonyl (C=O) groups is 1. The third-order valence-corrected chi connectivity index (χ3v) is 4.72. The Labute approximate surface area is 150 Å². The molecule has 1 N–H and O–H groups in total. The van der Waals surface area contributed by atoms with Crippen LogP contribution in [0.4, 0.5) is 0 Å². The van der Waals surface area contributed by atoms with Gasteiger partial charge in [-0.25, -0.2) is 4.79 Å². The van der Waals surface area contributed by atoms with E-state index in [4.69, 9.17) is 13.7 Å². The van der Waals surface area contributed by atoms with E-state index in [9.17, 15) is 13.2 Å². The minimum absolute atomic E-state index is 0.0107. The van der Waals surface area contributed by atoms with Crippen LogP contribution in [0, 0.1) is 5.92 Å². The largest absolute Gasteiger partial charge is 0.460 e. The Hall–Kier alpha value is -1.34. The van der Waals surface area contributed by atoms with Gasteiger partial charge in [0, 0.05) is 0 Å². The lowest BCUT2D eigenvalue weighted by atomic mass is 9.96. The molecule has 144 valence electrons. The lowest BCUT2D eigenvalue weighted by Crippen LogP contribution is -2.14. The summed E-state index contributed by atoms with van der Waals surface area (Å²) < 4.78 is 40.9. The van der Waals surface area contributed by atoms with Gasteiger partial charge in [0.2, 0.25) is 5.76 Å². The Kier molecular flexibility index (Phi) is 9.82. The Balaban J connectivity index is 2.49. The number of hydrogen-bond acceptors (Lipinski definition) is 5. The van der Waals surface area contributed by atoms with Gasteiger partial charge in [0.05, 0.1) is 6.61 Å². The Morgan fingerprint density at radius 3 is 2.44 bits per heavy atom. The second-order valence-corrected chi connectivity index (χ2v) is 7.90. The standard InChI is InChI=1S/C18H30O6S/c1-3-5-7-8-10-15(9-6-4-2)13-23-18(19)17-12-11-16(24-17)14-25(20,21)22/h11-12,15H,3-10,13-14H2,1-2H3,(H,20,21,22). The van der Waals surface area contributed by atoms with Crippen molar-refractivity contribution in [3.05, 3.63) is 23.7 Å². The van der Waals surface area contributed by atoms with Gasteiger partial charge in [-0.3, -0.25) is 4.55 Å². The van der Waals surface area contributed by atoms with Crippen molar-refractivity contribution in [2.75, 3.05) is 6.61 Å². The van der Waals surface area contributed by atoms with Crippen molar-refractivity contribution in [2.24, 2.45) is 5.92 Å². The van der Waals surface area contributed by atoms with Gasteiger partial charge >= 0.3 is 5.97 Å². The fourth-order valence-corrected chi connectivity index (χ4v) is 3.19. The minimum atomic E-state index is -4.19. The van der Waals surface area contributed by atoms with Crippen molar-refractivity contribution in [1.29, 1.82) is 0 Å². The molecule has 0 aliphatic heterocycles. The quantitative estimate of drug-likeness (QED) is 0.308. The predicted molar refractivity (Wildman–Crippen MR) is 96.0 cm³/mol. The molecular weight excluding hydrogens is 344 g/mol. The number of esters is 1. The van der Waals surface area contributed by atoms with Crippen molar-refractivity contribution in [1.82, 2.24) is 0 Å². The Bertz CT molecular complexity index is 605. The molecule has 0 saturated heterocycles. The van der Waals surface area contributed by atoms with Crippen LogP contribution in [-0.2, 0) is 20.6 Å². The van der Waals surface area contributed by atoms with E-state index in [2.05, 4.69) is 13.8 Å². The Morgan fingerprint density at radius 1 is 1.12 bits per heavy atom. The maximum Gasteiger partial charge on any atom is 0.374 e. The summed E-state index contributed by atoms with van der Waals surface area (Å²) in [5.41, 5.74) is 0. The molecule has 1 aromatic heterocycles. The highest BCUT2D eigenvalue weighted by atomic mass is 32.2. The molecule has 25 heavy (non-hydrogen) atoms. The fourth-order valence-electron chi connectivity index (χ4n) is 2.67. The highest BCUT2D eigenvalue weighted by molar-refractivity contribution is 7.84. The van der Waals surface area contributed by atoms with Crippen molar-refractivity contribution >= 4 is 16.1 Å². The molecule has 6 nitrogen and oxygen atoms in total. The van der Waals surface area contributed by atoms with Crippen LogP contribution in [0.3, 0.4) is 0 Å². The number of furan rings is 1. The first kappa shape index (κ1) is 21.7. The molecule has 1 heterocycles. The van der Waals surface area contributed by atoms with Crippen LogP contribution in [0.2, 0.25) is 0 Å². The van der Waals surface area contributed by atoms with E-state index in [1.54, 1.807) is 0 Å². The first-order chi connectivity index (χ1) is 11.9. The van der Waals surface area contributed by atoms with Gasteiger partial charge < -0.3 is 9.15 Å². The lowest BCUT2D eigenvalue weighted by Gasteiger charge is -2.16. The van der Waals surface area contributed by atoms with E-state index < -0.39 is 21.8 Å². The second-order valence-electron chi connectivity index (χ2n) is 6.45. The number of carbonyl (C=O) groups excluding carboxylic acids is 1. The van der Waals surface area contributed by atoms with Crippen LogP contribution in [-0.4, -0.2) is 25.5 Å². The fraction of sp³-hybridized carbons (Fsp3) is 0.722. The molecule has 0 aliphatic carbocycles. The summed E-state index contributed by atoms with van der Waals surface area (Å²) in [5.74, 6) is -0.948. The van der Waals surface area contributed by atoms with Gasteiger partial charge in [0.25, 0.3) is 10.1 Å². The van der Waals surface area contributed by atoms with Gasteiger partial charge in [0.1, 0.15) is 11.5 Å². The monoisotopic (exact) mass is 374 g/mol. The van der Waals surface area contributed by atoms with E-state index in [0.29, 0.717) is 12.5 Å². The molecule has 0 aliphatic rings. The molecule has 0 aromatic carbocycles. The summed E-state index contributed by atoms with van der Waals surface area (Å²) in [7, 11) is -4.19. The zero-order chi connectivity index (χ0) is 18.7. The van der Waals surface area contributed by atoms with E-state index in [-0.39, 0.29) is 11.5 Å². The normalized spacial score (nSPS) is 12.9. The second kappa shape index (κ2) is 11.3. The molecule has 1 aromatic rings. The molecule has 0 radical (unpaired) electrons. The number of hydrogen-bond donors (Lipinski definition) is 1. The van der Waals surface area contributed by atoms with Crippen molar-refractivity contribution in [3.8, 4) is 0 Å². The van der Waals surface area contributed by atoms with Gasteiger partial charge in [0.15, 0.2) is 0 Å². The summed E-state index contributed by atoms with van der Waals surface area (Å²) in [4.78, 5) is 12.1. The average Bonchev–Trinajstić information content (AvgIpc) is 2.99. The van der Waals surface area contributed by atoms with Crippen molar-refractivity contribution in [2.45, 2.75) is 71.0 Å².